The van der Waals surface area contributed by atoms with Gasteiger partial charge in [0, 0.05) is 14.1 Å². The van der Waals surface area contributed by atoms with Gasteiger partial charge in [0.2, 0.25) is 0 Å². The van der Waals surface area contributed by atoms with Gasteiger partial charge in [0.05, 0.1) is 7.11 Å². The van der Waals surface area contributed by atoms with Crippen LogP contribution in [0.1, 0.15) is 5.56 Å². The SMILES string of the molecule is COc1cc(/C=C2/C(=O)N(C)C(=S)N2C)ccc1OCC(=O)O. The van der Waals surface area contributed by atoms with E-state index in [9.17, 15) is 9.59 Å². The Kier molecular flexibility index (Phi) is 4.85. The second-order valence-electron chi connectivity index (χ2n) is 4.83. The van der Waals surface area contributed by atoms with Crippen molar-refractivity contribution in [2.75, 3.05) is 27.8 Å². The second kappa shape index (κ2) is 6.66. The van der Waals surface area contributed by atoms with Crippen LogP contribution in [0.25, 0.3) is 6.08 Å². The van der Waals surface area contributed by atoms with Crippen molar-refractivity contribution >= 4 is 35.3 Å². The summed E-state index contributed by atoms with van der Waals surface area (Å²) in [5.74, 6) is -0.573. The highest BCUT2D eigenvalue weighted by Crippen LogP contribution is 2.30. The average molecular weight is 336 g/mol. The highest BCUT2D eigenvalue weighted by molar-refractivity contribution is 7.80. The van der Waals surface area contributed by atoms with Crippen LogP contribution in [0, 0.1) is 0 Å². The van der Waals surface area contributed by atoms with Gasteiger partial charge in [-0.3, -0.25) is 9.69 Å². The quantitative estimate of drug-likeness (QED) is 0.639. The third-order valence-electron chi connectivity index (χ3n) is 3.30. The third-order valence-corrected chi connectivity index (χ3v) is 3.85. The molecule has 1 aliphatic heterocycles. The van der Waals surface area contributed by atoms with Gasteiger partial charge in [-0.15, -0.1) is 0 Å². The molecule has 0 bridgehead atoms. The number of carbonyl (C=O) groups is 2. The van der Waals surface area contributed by atoms with Crippen LogP contribution >= 0.6 is 12.2 Å². The summed E-state index contributed by atoms with van der Waals surface area (Å²) < 4.78 is 10.3. The number of carboxylic acids is 1. The van der Waals surface area contributed by atoms with Crippen LogP contribution in [-0.2, 0) is 9.59 Å². The van der Waals surface area contributed by atoms with E-state index < -0.39 is 12.6 Å². The Morgan fingerprint density at radius 2 is 2.00 bits per heavy atom. The monoisotopic (exact) mass is 336 g/mol. The summed E-state index contributed by atoms with van der Waals surface area (Å²) in [7, 11) is 4.79. The summed E-state index contributed by atoms with van der Waals surface area (Å²) >= 11 is 5.15. The lowest BCUT2D eigenvalue weighted by Crippen LogP contribution is -2.26. The van der Waals surface area contributed by atoms with E-state index in [-0.39, 0.29) is 5.91 Å². The predicted molar refractivity (Wildman–Crippen MR) is 87.2 cm³/mol. The summed E-state index contributed by atoms with van der Waals surface area (Å²) in [5, 5.41) is 9.08. The van der Waals surface area contributed by atoms with E-state index in [1.54, 1.807) is 43.3 Å². The minimum Gasteiger partial charge on any atom is -0.493 e. The molecule has 0 saturated carbocycles. The maximum Gasteiger partial charge on any atom is 0.341 e. The number of hydrogen-bond acceptors (Lipinski definition) is 5. The summed E-state index contributed by atoms with van der Waals surface area (Å²) in [4.78, 5) is 25.7. The summed E-state index contributed by atoms with van der Waals surface area (Å²) in [6.45, 7) is -0.461. The molecule has 7 nitrogen and oxygen atoms in total. The minimum absolute atomic E-state index is 0.192. The van der Waals surface area contributed by atoms with E-state index in [2.05, 4.69) is 0 Å². The fraction of sp³-hybridized carbons (Fsp3) is 0.267. The summed E-state index contributed by atoms with van der Waals surface area (Å²) in [6, 6.07) is 4.96. The van der Waals surface area contributed by atoms with Gasteiger partial charge in [-0.05, 0) is 36.0 Å². The van der Waals surface area contributed by atoms with Crippen molar-refractivity contribution in [2.45, 2.75) is 0 Å². The number of thiocarbonyl (C=S) groups is 1. The lowest BCUT2D eigenvalue weighted by molar-refractivity contribution is -0.139. The number of aliphatic carboxylic acids is 1. The van der Waals surface area contributed by atoms with Crippen LogP contribution in [0.3, 0.4) is 0 Å². The highest BCUT2D eigenvalue weighted by Gasteiger charge is 2.32. The number of likely N-dealkylation sites (N-methyl/N-ethyl adjacent to an activating group) is 2. The molecule has 2 rings (SSSR count). The van der Waals surface area contributed by atoms with Gasteiger partial charge in [0.25, 0.3) is 5.91 Å². The Hall–Kier alpha value is -2.61. The van der Waals surface area contributed by atoms with Gasteiger partial charge in [0.15, 0.2) is 23.2 Å². The summed E-state index contributed by atoms with van der Waals surface area (Å²) in [6.07, 6.45) is 1.68. The molecule has 1 fully saturated rings. The van der Waals surface area contributed by atoms with Gasteiger partial charge in [0.1, 0.15) is 5.70 Å². The van der Waals surface area contributed by atoms with Gasteiger partial charge in [-0.1, -0.05) is 6.07 Å². The normalized spacial score (nSPS) is 16.2. The number of carboxylic acid groups (broad SMARTS) is 1. The van der Waals surface area contributed by atoms with Crippen molar-refractivity contribution in [1.82, 2.24) is 9.80 Å². The standard InChI is InChI=1S/C15H16N2O5S/c1-16-10(14(20)17(2)15(16)23)6-9-4-5-11(12(7-9)21-3)22-8-13(18)19/h4-7H,8H2,1-3H3,(H,18,19)/b10-6-. The van der Waals surface area contributed by atoms with E-state index in [1.165, 1.54) is 12.0 Å². The zero-order valence-electron chi connectivity index (χ0n) is 12.9. The van der Waals surface area contributed by atoms with Crippen molar-refractivity contribution in [3.8, 4) is 11.5 Å². The Morgan fingerprint density at radius 1 is 1.30 bits per heavy atom. The first-order valence-corrected chi connectivity index (χ1v) is 7.06. The number of nitrogens with zero attached hydrogens (tertiary/aromatic N) is 2. The largest absolute Gasteiger partial charge is 0.493 e. The summed E-state index contributed by atoms with van der Waals surface area (Å²) in [5.41, 5.74) is 1.15. The zero-order valence-corrected chi connectivity index (χ0v) is 13.7. The predicted octanol–water partition coefficient (Wildman–Crippen LogP) is 1.19. The number of methoxy groups -OCH3 is 1. The number of benzene rings is 1. The van der Waals surface area contributed by atoms with Gasteiger partial charge in [-0.2, -0.15) is 0 Å². The Labute approximate surface area is 138 Å². The van der Waals surface area contributed by atoms with Crippen LogP contribution in [-0.4, -0.2) is 59.7 Å². The molecule has 1 amide bonds. The van der Waals surface area contributed by atoms with Gasteiger partial charge >= 0.3 is 5.97 Å². The number of carbonyl (C=O) groups excluding carboxylic acids is 1. The molecule has 1 aliphatic rings. The molecule has 0 unspecified atom stereocenters. The molecule has 1 saturated heterocycles. The number of ether oxygens (including phenoxy) is 2. The molecule has 0 spiro atoms. The van der Waals surface area contributed by atoms with Gasteiger partial charge in [-0.25, -0.2) is 4.79 Å². The van der Waals surface area contributed by atoms with E-state index >= 15 is 0 Å². The fourth-order valence-electron chi connectivity index (χ4n) is 2.08. The molecular weight excluding hydrogens is 320 g/mol. The lowest BCUT2D eigenvalue weighted by Gasteiger charge is -2.12. The molecule has 8 heteroatoms. The van der Waals surface area contributed by atoms with Crippen molar-refractivity contribution in [3.05, 3.63) is 29.5 Å². The molecule has 0 aromatic heterocycles. The molecule has 0 radical (unpaired) electrons. The zero-order chi connectivity index (χ0) is 17.1. The van der Waals surface area contributed by atoms with E-state index in [1.807, 2.05) is 0 Å². The topological polar surface area (TPSA) is 79.3 Å². The molecule has 1 aromatic rings. The molecule has 1 heterocycles. The van der Waals surface area contributed by atoms with Crippen LogP contribution in [0.15, 0.2) is 23.9 Å². The third kappa shape index (κ3) is 3.42. The molecule has 23 heavy (non-hydrogen) atoms. The fourth-order valence-corrected chi connectivity index (χ4v) is 2.26. The Balaban J connectivity index is 2.31. The molecule has 0 aliphatic carbocycles. The Bertz CT molecular complexity index is 701. The van der Waals surface area contributed by atoms with Crippen LogP contribution in [0.4, 0.5) is 0 Å². The van der Waals surface area contributed by atoms with Crippen molar-refractivity contribution < 1.29 is 24.2 Å². The number of rotatable bonds is 5. The van der Waals surface area contributed by atoms with Crippen LogP contribution < -0.4 is 9.47 Å². The maximum absolute atomic E-state index is 12.1. The van der Waals surface area contributed by atoms with E-state index in [0.717, 1.165) is 0 Å². The van der Waals surface area contributed by atoms with Crippen molar-refractivity contribution in [3.63, 3.8) is 0 Å². The lowest BCUT2D eigenvalue weighted by atomic mass is 10.1. The molecule has 1 N–H and O–H groups in total. The molecule has 0 atom stereocenters. The van der Waals surface area contributed by atoms with E-state index in [4.69, 9.17) is 26.8 Å². The molecule has 1 aromatic carbocycles. The first-order valence-electron chi connectivity index (χ1n) is 6.65. The first kappa shape index (κ1) is 16.8. The van der Waals surface area contributed by atoms with Gasteiger partial charge < -0.3 is 19.5 Å². The van der Waals surface area contributed by atoms with Crippen LogP contribution in [0.2, 0.25) is 0 Å². The van der Waals surface area contributed by atoms with E-state index in [0.29, 0.717) is 27.9 Å². The minimum atomic E-state index is -1.08. The van der Waals surface area contributed by atoms with Crippen molar-refractivity contribution in [1.29, 1.82) is 0 Å². The second-order valence-corrected chi connectivity index (χ2v) is 5.19. The number of hydrogen-bond donors (Lipinski definition) is 1. The molecule has 122 valence electrons. The van der Waals surface area contributed by atoms with Crippen LogP contribution in [0.5, 0.6) is 11.5 Å². The highest BCUT2D eigenvalue weighted by atomic mass is 32.1. The first-order chi connectivity index (χ1) is 10.8. The maximum atomic E-state index is 12.1. The average Bonchev–Trinajstić information content (AvgIpc) is 2.71. The smallest absolute Gasteiger partial charge is 0.341 e. The number of amides is 1. The Morgan fingerprint density at radius 3 is 2.52 bits per heavy atom. The molecular formula is C15H16N2O5S. The van der Waals surface area contributed by atoms with Crippen molar-refractivity contribution in [2.24, 2.45) is 0 Å².